The molecule has 0 spiro atoms. The van der Waals surface area contributed by atoms with Gasteiger partial charge in [-0.25, -0.2) is 9.97 Å². The van der Waals surface area contributed by atoms with Crippen LogP contribution in [0.4, 0.5) is 5.95 Å². The molecule has 1 aliphatic heterocycles. The average molecular weight is 230 g/mol. The Morgan fingerprint density at radius 1 is 1.47 bits per heavy atom. The molecule has 1 fully saturated rings. The van der Waals surface area contributed by atoms with Crippen LogP contribution in [0.2, 0.25) is 0 Å². The predicted molar refractivity (Wildman–Crippen MR) is 66.8 cm³/mol. The number of aryl methyl sites for hydroxylation is 1. The molecule has 17 heavy (non-hydrogen) atoms. The number of hydrogen-bond donors (Lipinski definition) is 0. The predicted octanol–water partition coefficient (Wildman–Crippen LogP) is 2.43. The van der Waals surface area contributed by atoms with Crippen LogP contribution in [0, 0.1) is 18.3 Å². The van der Waals surface area contributed by atoms with Gasteiger partial charge in [0, 0.05) is 18.3 Å². The summed E-state index contributed by atoms with van der Waals surface area (Å²) in [7, 11) is 0. The van der Waals surface area contributed by atoms with E-state index in [1.807, 2.05) is 6.92 Å². The van der Waals surface area contributed by atoms with E-state index in [9.17, 15) is 0 Å². The van der Waals surface area contributed by atoms with Crippen LogP contribution in [0.1, 0.15) is 44.0 Å². The van der Waals surface area contributed by atoms with Crippen LogP contribution in [0.5, 0.6) is 0 Å². The first-order valence-electron chi connectivity index (χ1n) is 6.27. The minimum absolute atomic E-state index is 0.466. The maximum atomic E-state index is 8.95. The highest BCUT2D eigenvalue weighted by Gasteiger charge is 2.23. The number of anilines is 1. The van der Waals surface area contributed by atoms with Crippen LogP contribution in [0.3, 0.4) is 0 Å². The fourth-order valence-corrected chi connectivity index (χ4v) is 2.43. The summed E-state index contributed by atoms with van der Waals surface area (Å²) in [5.74, 6) is 0.730. The van der Waals surface area contributed by atoms with Crippen LogP contribution in [-0.2, 0) is 0 Å². The molecule has 1 saturated heterocycles. The zero-order chi connectivity index (χ0) is 12.3. The Morgan fingerprint density at radius 3 is 3.00 bits per heavy atom. The summed E-state index contributed by atoms with van der Waals surface area (Å²) in [5, 5.41) is 8.95. The molecule has 0 aliphatic carbocycles. The average Bonchev–Trinajstić information content (AvgIpc) is 2.37. The summed E-state index contributed by atoms with van der Waals surface area (Å²) in [6.07, 6.45) is 4.79. The molecule has 2 heterocycles. The lowest BCUT2D eigenvalue weighted by Crippen LogP contribution is -2.40. The van der Waals surface area contributed by atoms with E-state index in [1.165, 1.54) is 19.3 Å². The van der Waals surface area contributed by atoms with Crippen molar-refractivity contribution in [2.45, 2.75) is 45.6 Å². The second kappa shape index (κ2) is 5.13. The van der Waals surface area contributed by atoms with Gasteiger partial charge in [0.15, 0.2) is 0 Å². The minimum atomic E-state index is 0.466. The third-order valence-electron chi connectivity index (χ3n) is 3.31. The molecule has 0 bridgehead atoms. The van der Waals surface area contributed by atoms with Gasteiger partial charge in [-0.2, -0.15) is 5.26 Å². The first-order chi connectivity index (χ1) is 8.24. The van der Waals surface area contributed by atoms with Gasteiger partial charge in [0.05, 0.1) is 0 Å². The molecule has 0 amide bonds. The molecule has 1 unspecified atom stereocenters. The molecule has 2 rings (SSSR count). The van der Waals surface area contributed by atoms with Gasteiger partial charge in [-0.1, -0.05) is 6.92 Å². The highest BCUT2D eigenvalue weighted by Crippen LogP contribution is 2.24. The lowest BCUT2D eigenvalue weighted by Gasteiger charge is -2.35. The minimum Gasteiger partial charge on any atom is -0.338 e. The third kappa shape index (κ3) is 2.55. The fourth-order valence-electron chi connectivity index (χ4n) is 2.43. The second-order valence-corrected chi connectivity index (χ2v) is 4.56. The number of nitrogens with zero attached hydrogens (tertiary/aromatic N) is 4. The van der Waals surface area contributed by atoms with E-state index in [4.69, 9.17) is 5.26 Å². The van der Waals surface area contributed by atoms with Gasteiger partial charge < -0.3 is 4.90 Å². The number of aromatic nitrogens is 2. The molecule has 1 aliphatic rings. The van der Waals surface area contributed by atoms with Crippen LogP contribution >= 0.6 is 0 Å². The number of hydrogen-bond acceptors (Lipinski definition) is 4. The van der Waals surface area contributed by atoms with E-state index in [-0.39, 0.29) is 0 Å². The van der Waals surface area contributed by atoms with E-state index < -0.39 is 0 Å². The zero-order valence-corrected chi connectivity index (χ0v) is 10.5. The van der Waals surface area contributed by atoms with Crippen molar-refractivity contribution < 1.29 is 0 Å². The van der Waals surface area contributed by atoms with Gasteiger partial charge in [0.2, 0.25) is 5.95 Å². The second-order valence-electron chi connectivity index (χ2n) is 4.56. The molecule has 0 aromatic carbocycles. The smallest absolute Gasteiger partial charge is 0.227 e. The number of rotatable bonds is 2. The van der Waals surface area contributed by atoms with E-state index in [0.717, 1.165) is 24.6 Å². The van der Waals surface area contributed by atoms with Gasteiger partial charge in [-0.15, -0.1) is 0 Å². The Bertz CT molecular complexity index is 436. The maximum Gasteiger partial charge on any atom is 0.227 e. The summed E-state index contributed by atoms with van der Waals surface area (Å²) >= 11 is 0. The van der Waals surface area contributed by atoms with Gasteiger partial charge >= 0.3 is 0 Å². The van der Waals surface area contributed by atoms with E-state index >= 15 is 0 Å². The molecule has 1 aromatic rings. The monoisotopic (exact) mass is 230 g/mol. The Labute approximate surface area is 102 Å². The molecule has 0 saturated carbocycles. The molecule has 0 N–H and O–H groups in total. The van der Waals surface area contributed by atoms with Gasteiger partial charge in [0.1, 0.15) is 11.8 Å². The quantitative estimate of drug-likeness (QED) is 0.783. The molecule has 4 heteroatoms. The standard InChI is InChI=1S/C13H18N4/c1-3-12-6-4-5-7-17(12)13-15-10(2)8-11(9-14)16-13/h8,12H,3-7H2,1-2H3. The molecule has 90 valence electrons. The van der Waals surface area contributed by atoms with Gasteiger partial charge in [-0.3, -0.25) is 0 Å². The fraction of sp³-hybridized carbons (Fsp3) is 0.615. The molecule has 4 nitrogen and oxygen atoms in total. The lowest BCUT2D eigenvalue weighted by atomic mass is 10.0. The van der Waals surface area contributed by atoms with Crippen molar-refractivity contribution in [3.05, 3.63) is 17.5 Å². The van der Waals surface area contributed by atoms with E-state index in [2.05, 4.69) is 27.9 Å². The molecule has 1 atom stereocenters. The maximum absolute atomic E-state index is 8.95. The highest BCUT2D eigenvalue weighted by atomic mass is 15.3. The largest absolute Gasteiger partial charge is 0.338 e. The zero-order valence-electron chi connectivity index (χ0n) is 10.5. The topological polar surface area (TPSA) is 52.8 Å². The van der Waals surface area contributed by atoms with Gasteiger partial charge in [0.25, 0.3) is 0 Å². The first kappa shape index (κ1) is 11.8. The van der Waals surface area contributed by atoms with Crippen LogP contribution in [0.25, 0.3) is 0 Å². The Morgan fingerprint density at radius 2 is 2.29 bits per heavy atom. The van der Waals surface area contributed by atoms with E-state index in [1.54, 1.807) is 6.07 Å². The molecule has 1 aromatic heterocycles. The summed E-state index contributed by atoms with van der Waals surface area (Å²) in [5.41, 5.74) is 1.33. The molecule has 0 radical (unpaired) electrons. The van der Waals surface area contributed by atoms with Crippen molar-refractivity contribution in [1.29, 1.82) is 5.26 Å². The first-order valence-corrected chi connectivity index (χ1v) is 6.27. The highest BCUT2D eigenvalue weighted by molar-refractivity contribution is 5.37. The summed E-state index contributed by atoms with van der Waals surface area (Å²) < 4.78 is 0. The summed E-state index contributed by atoms with van der Waals surface area (Å²) in [6, 6.07) is 4.36. The summed E-state index contributed by atoms with van der Waals surface area (Å²) in [6.45, 7) is 5.12. The van der Waals surface area contributed by atoms with Crippen molar-refractivity contribution in [2.75, 3.05) is 11.4 Å². The van der Waals surface area contributed by atoms with Crippen molar-refractivity contribution in [1.82, 2.24) is 9.97 Å². The van der Waals surface area contributed by atoms with Gasteiger partial charge in [-0.05, 0) is 38.7 Å². The lowest BCUT2D eigenvalue weighted by molar-refractivity contribution is 0.443. The van der Waals surface area contributed by atoms with Crippen LogP contribution < -0.4 is 4.90 Å². The van der Waals surface area contributed by atoms with Crippen LogP contribution in [0.15, 0.2) is 6.07 Å². The van der Waals surface area contributed by atoms with Crippen molar-refractivity contribution in [3.8, 4) is 6.07 Å². The van der Waals surface area contributed by atoms with Crippen molar-refractivity contribution in [3.63, 3.8) is 0 Å². The normalized spacial score (nSPS) is 20.1. The van der Waals surface area contributed by atoms with Crippen molar-refractivity contribution in [2.24, 2.45) is 0 Å². The van der Waals surface area contributed by atoms with Crippen molar-refractivity contribution >= 4 is 5.95 Å². The Kier molecular flexibility index (Phi) is 3.58. The SMILES string of the molecule is CCC1CCCCN1c1nc(C)cc(C#N)n1. The van der Waals surface area contributed by atoms with E-state index in [0.29, 0.717) is 11.7 Å². The Balaban J connectivity index is 2.31. The third-order valence-corrected chi connectivity index (χ3v) is 3.31. The Hall–Kier alpha value is -1.63. The summed E-state index contributed by atoms with van der Waals surface area (Å²) in [4.78, 5) is 11.1. The number of nitriles is 1. The molecular weight excluding hydrogens is 212 g/mol. The van der Waals surface area contributed by atoms with Crippen LogP contribution in [-0.4, -0.2) is 22.6 Å². The number of piperidine rings is 1. The molecular formula is C13H18N4.